The maximum Gasteiger partial charge on any atom is 0.276 e. The quantitative estimate of drug-likeness (QED) is 0.823. The van der Waals surface area contributed by atoms with E-state index in [1.807, 2.05) is 6.92 Å². The highest BCUT2D eigenvalue weighted by atomic mass is 32.1. The lowest BCUT2D eigenvalue weighted by Crippen LogP contribution is -2.13. The van der Waals surface area contributed by atoms with Gasteiger partial charge < -0.3 is 5.73 Å². The molecule has 7 heteroatoms. The van der Waals surface area contributed by atoms with E-state index in [1.54, 1.807) is 12.1 Å². The van der Waals surface area contributed by atoms with Crippen molar-refractivity contribution in [3.8, 4) is 11.8 Å². The molecule has 0 atom stereocenters. The Bertz CT molecular complexity index is 653. The summed E-state index contributed by atoms with van der Waals surface area (Å²) in [5, 5.41) is 11.8. The number of hydrogen-bond acceptors (Lipinski definition) is 6. The fourth-order valence-electron chi connectivity index (χ4n) is 1.36. The molecule has 0 fully saturated rings. The molecule has 6 nitrogen and oxygen atoms in total. The number of carbonyl (C=O) groups excluding carboxylic acids is 1. The first-order chi connectivity index (χ1) is 9.72. The van der Waals surface area contributed by atoms with Gasteiger partial charge in [-0.25, -0.2) is 4.98 Å². The molecule has 102 valence electrons. The zero-order valence-corrected chi connectivity index (χ0v) is 11.7. The molecule has 2 aromatic rings. The number of nitrogens with zero attached hydrogens (tertiary/aromatic N) is 3. The van der Waals surface area contributed by atoms with Crippen LogP contribution in [0.25, 0.3) is 0 Å². The van der Waals surface area contributed by atoms with Crippen molar-refractivity contribution in [2.24, 2.45) is 5.73 Å². The van der Waals surface area contributed by atoms with Crippen LogP contribution in [0.5, 0.6) is 0 Å². The predicted octanol–water partition coefficient (Wildman–Crippen LogP) is 1.06. The van der Waals surface area contributed by atoms with Crippen LogP contribution in [-0.2, 0) is 6.42 Å². The standard InChI is InChI=1S/C13H13N5OS/c1-2-11-17-18-13(20-11)16-12(19)10-6-5-9(8-15-10)4-3-7-14/h5-6,8H,2,7,14H2,1H3,(H,16,18,19). The lowest BCUT2D eigenvalue weighted by molar-refractivity contribution is 0.102. The second-order valence-electron chi connectivity index (χ2n) is 3.75. The molecular weight excluding hydrogens is 274 g/mol. The molecule has 0 saturated heterocycles. The third kappa shape index (κ3) is 3.60. The number of anilines is 1. The van der Waals surface area contributed by atoms with E-state index in [2.05, 4.69) is 32.3 Å². The van der Waals surface area contributed by atoms with E-state index in [4.69, 9.17) is 5.73 Å². The molecule has 3 N–H and O–H groups in total. The van der Waals surface area contributed by atoms with Gasteiger partial charge in [-0.2, -0.15) is 0 Å². The first-order valence-corrected chi connectivity index (χ1v) is 6.83. The predicted molar refractivity (Wildman–Crippen MR) is 77.4 cm³/mol. The van der Waals surface area contributed by atoms with Crippen molar-refractivity contribution in [3.05, 3.63) is 34.6 Å². The number of hydrogen-bond donors (Lipinski definition) is 2. The van der Waals surface area contributed by atoms with Crippen molar-refractivity contribution in [3.63, 3.8) is 0 Å². The van der Waals surface area contributed by atoms with Gasteiger partial charge in [0.1, 0.15) is 10.7 Å². The number of aromatic nitrogens is 3. The molecule has 0 spiro atoms. The average Bonchev–Trinajstić information content (AvgIpc) is 2.93. The van der Waals surface area contributed by atoms with Crippen LogP contribution in [-0.4, -0.2) is 27.6 Å². The molecule has 20 heavy (non-hydrogen) atoms. The summed E-state index contributed by atoms with van der Waals surface area (Å²) in [7, 11) is 0. The number of nitrogens with two attached hydrogens (primary N) is 1. The monoisotopic (exact) mass is 287 g/mol. The SMILES string of the molecule is CCc1nnc(NC(=O)c2ccc(C#CCN)cn2)s1. The Labute approximate surface area is 120 Å². The van der Waals surface area contributed by atoms with Gasteiger partial charge in [0.25, 0.3) is 5.91 Å². The van der Waals surface area contributed by atoms with E-state index in [-0.39, 0.29) is 5.91 Å². The molecule has 0 saturated carbocycles. The molecule has 0 unspecified atom stereocenters. The summed E-state index contributed by atoms with van der Waals surface area (Å²) in [5.41, 5.74) is 6.31. The van der Waals surface area contributed by atoms with Crippen molar-refractivity contribution in [1.29, 1.82) is 0 Å². The number of pyridine rings is 1. The van der Waals surface area contributed by atoms with E-state index in [9.17, 15) is 4.79 Å². The summed E-state index contributed by atoms with van der Waals surface area (Å²) in [6.07, 6.45) is 2.33. The van der Waals surface area contributed by atoms with E-state index in [0.717, 1.165) is 17.0 Å². The van der Waals surface area contributed by atoms with Gasteiger partial charge in [-0.05, 0) is 18.6 Å². The number of amides is 1. The van der Waals surface area contributed by atoms with Gasteiger partial charge in [-0.3, -0.25) is 10.1 Å². The Balaban J connectivity index is 2.05. The molecule has 0 radical (unpaired) electrons. The van der Waals surface area contributed by atoms with Crippen LogP contribution in [0.2, 0.25) is 0 Å². The average molecular weight is 287 g/mol. The van der Waals surface area contributed by atoms with Crippen LogP contribution in [0.15, 0.2) is 18.3 Å². The fourth-order valence-corrected chi connectivity index (χ4v) is 2.04. The van der Waals surface area contributed by atoms with Crippen molar-refractivity contribution in [1.82, 2.24) is 15.2 Å². The second-order valence-corrected chi connectivity index (χ2v) is 4.81. The van der Waals surface area contributed by atoms with Gasteiger partial charge in [-0.1, -0.05) is 30.1 Å². The third-order valence-electron chi connectivity index (χ3n) is 2.32. The highest BCUT2D eigenvalue weighted by molar-refractivity contribution is 7.15. The second kappa shape index (κ2) is 6.75. The summed E-state index contributed by atoms with van der Waals surface area (Å²) >= 11 is 1.35. The number of aryl methyl sites for hydroxylation is 1. The van der Waals surface area contributed by atoms with Crippen LogP contribution in [0.4, 0.5) is 5.13 Å². The number of rotatable bonds is 3. The summed E-state index contributed by atoms with van der Waals surface area (Å²) in [6, 6.07) is 3.33. The van der Waals surface area contributed by atoms with Crippen molar-refractivity contribution < 1.29 is 4.79 Å². The smallest absolute Gasteiger partial charge is 0.276 e. The van der Waals surface area contributed by atoms with Crippen LogP contribution in [0, 0.1) is 11.8 Å². The Morgan fingerprint density at radius 3 is 2.90 bits per heavy atom. The zero-order valence-electron chi connectivity index (χ0n) is 10.9. The molecular formula is C13H13N5OS. The van der Waals surface area contributed by atoms with Gasteiger partial charge >= 0.3 is 0 Å². The van der Waals surface area contributed by atoms with E-state index in [0.29, 0.717) is 17.4 Å². The maximum absolute atomic E-state index is 11.9. The first kappa shape index (κ1) is 14.1. The first-order valence-electron chi connectivity index (χ1n) is 6.01. The zero-order chi connectivity index (χ0) is 14.4. The number of nitrogens with one attached hydrogen (secondary N) is 1. The van der Waals surface area contributed by atoms with Crippen LogP contribution >= 0.6 is 11.3 Å². The van der Waals surface area contributed by atoms with Crippen molar-refractivity contribution >= 4 is 22.4 Å². The Hall–Kier alpha value is -2.30. The highest BCUT2D eigenvalue weighted by Gasteiger charge is 2.10. The molecule has 2 rings (SSSR count). The van der Waals surface area contributed by atoms with Crippen LogP contribution in [0.1, 0.15) is 28.0 Å². The third-order valence-corrected chi connectivity index (χ3v) is 3.30. The molecule has 0 aromatic carbocycles. The Morgan fingerprint density at radius 2 is 2.30 bits per heavy atom. The molecule has 0 aliphatic carbocycles. The van der Waals surface area contributed by atoms with Crippen molar-refractivity contribution in [2.45, 2.75) is 13.3 Å². The molecule has 2 heterocycles. The molecule has 0 aliphatic heterocycles. The van der Waals surface area contributed by atoms with E-state index >= 15 is 0 Å². The normalized spacial score (nSPS) is 9.70. The number of carbonyl (C=O) groups is 1. The summed E-state index contributed by atoms with van der Waals surface area (Å²) in [5.74, 6) is 5.25. The molecule has 1 amide bonds. The minimum atomic E-state index is -0.317. The topological polar surface area (TPSA) is 93.8 Å². The summed E-state index contributed by atoms with van der Waals surface area (Å²) < 4.78 is 0. The Kier molecular flexibility index (Phi) is 4.76. The van der Waals surface area contributed by atoms with Crippen LogP contribution in [0.3, 0.4) is 0 Å². The lowest BCUT2D eigenvalue weighted by atomic mass is 10.2. The van der Waals surface area contributed by atoms with Gasteiger partial charge in [0.05, 0.1) is 6.54 Å². The minimum absolute atomic E-state index is 0.291. The summed E-state index contributed by atoms with van der Waals surface area (Å²) in [4.78, 5) is 16.0. The fraction of sp³-hybridized carbons (Fsp3) is 0.231. The van der Waals surface area contributed by atoms with Gasteiger partial charge in [0.2, 0.25) is 5.13 Å². The van der Waals surface area contributed by atoms with Gasteiger partial charge in [0, 0.05) is 11.8 Å². The largest absolute Gasteiger partial charge is 0.320 e. The minimum Gasteiger partial charge on any atom is -0.320 e. The van der Waals surface area contributed by atoms with Crippen LogP contribution < -0.4 is 11.1 Å². The summed E-state index contributed by atoms with van der Waals surface area (Å²) in [6.45, 7) is 2.27. The van der Waals surface area contributed by atoms with Gasteiger partial charge in [0.15, 0.2) is 0 Å². The Morgan fingerprint density at radius 1 is 1.45 bits per heavy atom. The molecule has 0 aliphatic rings. The van der Waals surface area contributed by atoms with E-state index < -0.39 is 0 Å². The highest BCUT2D eigenvalue weighted by Crippen LogP contribution is 2.16. The molecule has 0 bridgehead atoms. The maximum atomic E-state index is 11.9. The van der Waals surface area contributed by atoms with E-state index in [1.165, 1.54) is 17.5 Å². The van der Waals surface area contributed by atoms with Gasteiger partial charge in [-0.15, -0.1) is 10.2 Å². The van der Waals surface area contributed by atoms with Crippen molar-refractivity contribution in [2.75, 3.05) is 11.9 Å². The molecule has 2 aromatic heterocycles. The lowest BCUT2D eigenvalue weighted by Gasteiger charge is -2.00.